The molecule has 3 aliphatic rings. The molecule has 4 N–H and O–H groups in total. The van der Waals surface area contributed by atoms with Gasteiger partial charge >= 0.3 is 0 Å². The minimum atomic E-state index is -0.737. The van der Waals surface area contributed by atoms with Crippen molar-refractivity contribution in [3.8, 4) is 18.4 Å². The summed E-state index contributed by atoms with van der Waals surface area (Å²) in [5.74, 6) is 1.45. The molecule has 10 nitrogen and oxygen atoms in total. The zero-order valence-corrected chi connectivity index (χ0v) is 27.2. The van der Waals surface area contributed by atoms with Crippen LogP contribution in [0.5, 0.6) is 0 Å². The van der Waals surface area contributed by atoms with Crippen LogP contribution < -0.4 is 21.3 Å². The Labute approximate surface area is 241 Å². The van der Waals surface area contributed by atoms with E-state index in [2.05, 4.69) is 54.0 Å². The Balaban J connectivity index is 1.70. The van der Waals surface area contributed by atoms with Crippen molar-refractivity contribution in [1.82, 2.24) is 26.2 Å². The van der Waals surface area contributed by atoms with E-state index in [0.717, 1.165) is 6.42 Å². The molecule has 2 aliphatic heterocycles. The number of nitriles is 1. The van der Waals surface area contributed by atoms with Crippen molar-refractivity contribution >= 4 is 33.9 Å². The maximum absolute atomic E-state index is 13.7. The SMILES string of the molecule is C#CCC(=O)N[C@H](C(=O)N1CC2(C)C(C)(C)[C@]2(N[C@H](C)C(=O)N[C@H](C#N)C([SiH3])C[C@@H]2CCNC2=O)C1)C(C)(C)C. The van der Waals surface area contributed by atoms with Gasteiger partial charge in [0.2, 0.25) is 23.6 Å². The van der Waals surface area contributed by atoms with Crippen LogP contribution in [0.1, 0.15) is 67.7 Å². The van der Waals surface area contributed by atoms with Crippen molar-refractivity contribution in [2.45, 2.75) is 96.9 Å². The molecule has 1 saturated carbocycles. The molecule has 220 valence electrons. The molecule has 2 saturated heterocycles. The summed E-state index contributed by atoms with van der Waals surface area (Å²) in [5.41, 5.74) is -1.57. The number of piperidine rings is 1. The number of hydrogen-bond acceptors (Lipinski definition) is 6. The predicted molar refractivity (Wildman–Crippen MR) is 156 cm³/mol. The second-order valence-electron chi connectivity index (χ2n) is 13.8. The van der Waals surface area contributed by atoms with Crippen molar-refractivity contribution < 1.29 is 19.2 Å². The highest BCUT2D eigenvalue weighted by Crippen LogP contribution is 2.74. The Morgan fingerprint density at radius 2 is 1.88 bits per heavy atom. The molecule has 0 aromatic carbocycles. The minimum Gasteiger partial charge on any atom is -0.356 e. The highest BCUT2D eigenvalue weighted by Gasteiger charge is 2.83. The number of likely N-dealkylation sites (tertiary alicyclic amines) is 1. The molecule has 40 heavy (non-hydrogen) atoms. The first-order chi connectivity index (χ1) is 18.5. The number of terminal acetylenes is 1. The predicted octanol–water partition coefficient (Wildman–Crippen LogP) is -0.166. The van der Waals surface area contributed by atoms with Gasteiger partial charge in [0.1, 0.15) is 12.1 Å². The molecule has 4 amide bonds. The Bertz CT molecular complexity index is 1140. The van der Waals surface area contributed by atoms with Gasteiger partial charge in [0.15, 0.2) is 0 Å². The van der Waals surface area contributed by atoms with E-state index in [-0.39, 0.29) is 52.3 Å². The number of rotatable bonds is 10. The van der Waals surface area contributed by atoms with Gasteiger partial charge in [-0.3, -0.25) is 24.5 Å². The van der Waals surface area contributed by atoms with Crippen molar-refractivity contribution in [3.63, 3.8) is 0 Å². The van der Waals surface area contributed by atoms with Gasteiger partial charge in [-0.1, -0.05) is 47.5 Å². The van der Waals surface area contributed by atoms with Gasteiger partial charge in [0.05, 0.1) is 18.5 Å². The number of nitrogens with zero attached hydrogens (tertiary/aromatic N) is 2. The number of carbonyl (C=O) groups excluding carboxylic acids is 4. The Morgan fingerprint density at radius 3 is 2.40 bits per heavy atom. The fraction of sp³-hybridized carbons (Fsp3) is 0.759. The molecule has 3 rings (SSSR count). The molecule has 11 heteroatoms. The van der Waals surface area contributed by atoms with E-state index in [1.165, 1.54) is 0 Å². The molecule has 2 unspecified atom stereocenters. The zero-order chi connectivity index (χ0) is 30.3. The van der Waals surface area contributed by atoms with Gasteiger partial charge in [0, 0.05) is 46.7 Å². The summed E-state index contributed by atoms with van der Waals surface area (Å²) in [6.07, 6.45) is 6.55. The largest absolute Gasteiger partial charge is 0.356 e. The van der Waals surface area contributed by atoms with Crippen LogP contribution in [0.15, 0.2) is 0 Å². The lowest BCUT2D eigenvalue weighted by atomic mass is 9.85. The highest BCUT2D eigenvalue weighted by molar-refractivity contribution is 6.12. The van der Waals surface area contributed by atoms with E-state index in [1.54, 1.807) is 11.8 Å². The first kappa shape index (κ1) is 31.6. The summed E-state index contributed by atoms with van der Waals surface area (Å²) in [5, 5.41) is 21.9. The molecule has 7 atom stereocenters. The van der Waals surface area contributed by atoms with Crippen LogP contribution >= 0.6 is 0 Å². The maximum atomic E-state index is 13.7. The molecule has 0 spiro atoms. The molecule has 2 heterocycles. The number of amides is 4. The summed E-state index contributed by atoms with van der Waals surface area (Å²) in [7, 11) is 0.674. The third-order valence-electron chi connectivity index (χ3n) is 9.93. The Hall–Kier alpha value is -2.89. The summed E-state index contributed by atoms with van der Waals surface area (Å²) in [6, 6.07) is 0.228. The van der Waals surface area contributed by atoms with E-state index in [9.17, 15) is 24.4 Å². The molecule has 0 bridgehead atoms. The molecular weight excluding hydrogens is 524 g/mol. The molecule has 3 fully saturated rings. The van der Waals surface area contributed by atoms with Gasteiger partial charge in [0.25, 0.3) is 0 Å². The van der Waals surface area contributed by atoms with Crippen LogP contribution in [0.3, 0.4) is 0 Å². The van der Waals surface area contributed by atoms with Crippen molar-refractivity contribution in [2.75, 3.05) is 19.6 Å². The van der Waals surface area contributed by atoms with E-state index in [4.69, 9.17) is 6.42 Å². The van der Waals surface area contributed by atoms with Crippen molar-refractivity contribution in [1.29, 1.82) is 5.26 Å². The number of carbonyl (C=O) groups is 4. The number of hydrogen-bond donors (Lipinski definition) is 4. The average Bonchev–Trinajstić information content (AvgIpc) is 3.24. The lowest BCUT2D eigenvalue weighted by molar-refractivity contribution is -0.139. The quantitative estimate of drug-likeness (QED) is 0.212. The fourth-order valence-electron chi connectivity index (χ4n) is 6.87. The maximum Gasteiger partial charge on any atom is 0.245 e. The third kappa shape index (κ3) is 5.51. The summed E-state index contributed by atoms with van der Waals surface area (Å²) in [4.78, 5) is 53.1. The number of fused-ring (bicyclic) bond motifs is 1. The zero-order valence-electron chi connectivity index (χ0n) is 25.2. The monoisotopic (exact) mass is 570 g/mol. The van der Waals surface area contributed by atoms with E-state index < -0.39 is 29.1 Å². The average molecular weight is 571 g/mol. The molecule has 0 aromatic rings. The van der Waals surface area contributed by atoms with E-state index in [1.807, 2.05) is 20.8 Å². The topological polar surface area (TPSA) is 143 Å². The smallest absolute Gasteiger partial charge is 0.245 e. The van der Waals surface area contributed by atoms with E-state index >= 15 is 0 Å². The van der Waals surface area contributed by atoms with Crippen LogP contribution in [-0.2, 0) is 19.2 Å². The molecule has 0 radical (unpaired) electrons. The summed E-state index contributed by atoms with van der Waals surface area (Å²) >= 11 is 0. The van der Waals surface area contributed by atoms with Gasteiger partial charge in [-0.15, -0.1) is 6.42 Å². The summed E-state index contributed by atoms with van der Waals surface area (Å²) < 4.78 is 0. The van der Waals surface area contributed by atoms with Gasteiger partial charge in [-0.2, -0.15) is 5.26 Å². The van der Waals surface area contributed by atoms with Crippen molar-refractivity contribution in [3.05, 3.63) is 0 Å². The Kier molecular flexibility index (Phi) is 8.84. The van der Waals surface area contributed by atoms with Gasteiger partial charge < -0.3 is 20.9 Å². The van der Waals surface area contributed by atoms with Crippen LogP contribution in [-0.4, -0.2) is 82.1 Å². The lowest BCUT2D eigenvalue weighted by Crippen LogP contribution is -2.58. The standard InChI is InChI=1S/C29H46N6O4Si/c1-9-10-21(36)33-22(26(3,4)5)25(39)35-15-28(8)27(6,7)29(28,16-35)34-17(2)23(37)32-19(14-30)20(40)13-18-11-12-31-24(18)38/h1,17-20,22,34H,10-13,15-16H2,2-8,40H3,(H,31,38)(H,32,37)(H,33,36)/t17-,18+,19-,20?,22-,28?,29-/m1/s1. The normalized spacial score (nSPS) is 29.7. The van der Waals surface area contributed by atoms with E-state index in [0.29, 0.717) is 36.3 Å². The second-order valence-corrected chi connectivity index (χ2v) is 15.3. The molecular formula is C29H46N6O4Si. The van der Waals surface area contributed by atoms with Crippen molar-refractivity contribution in [2.24, 2.45) is 22.2 Å². The number of nitrogens with one attached hydrogen (secondary N) is 4. The van der Waals surface area contributed by atoms with Gasteiger partial charge in [-0.05, 0) is 36.1 Å². The van der Waals surface area contributed by atoms with Crippen LogP contribution in [0.25, 0.3) is 0 Å². The fourth-order valence-corrected chi connectivity index (χ4v) is 7.75. The first-order valence-corrected chi connectivity index (χ1v) is 15.4. The third-order valence-corrected chi connectivity index (χ3v) is 11.1. The molecule has 0 aromatic heterocycles. The summed E-state index contributed by atoms with van der Waals surface area (Å²) in [6.45, 7) is 15.4. The van der Waals surface area contributed by atoms with Crippen LogP contribution in [0, 0.1) is 45.8 Å². The highest BCUT2D eigenvalue weighted by atomic mass is 28.1. The molecule has 1 aliphatic carbocycles. The van der Waals surface area contributed by atoms with Crippen LogP contribution in [0.2, 0.25) is 5.54 Å². The first-order valence-electron chi connectivity index (χ1n) is 14.2. The van der Waals surface area contributed by atoms with Gasteiger partial charge in [-0.25, -0.2) is 0 Å². The second kappa shape index (κ2) is 11.2. The van der Waals surface area contributed by atoms with Crippen LogP contribution in [0.4, 0.5) is 0 Å². The Morgan fingerprint density at radius 1 is 1.23 bits per heavy atom. The lowest BCUT2D eigenvalue weighted by Gasteiger charge is -2.36. The minimum absolute atomic E-state index is 0.0258.